The zero-order chi connectivity index (χ0) is 25.2. The Morgan fingerprint density at radius 2 is 2.03 bits per heavy atom. The number of nitrogens with one attached hydrogen (secondary N) is 1. The molecule has 0 saturated carbocycles. The van der Waals surface area contributed by atoms with E-state index in [0.29, 0.717) is 24.6 Å². The maximum Gasteiger partial charge on any atom is 0.256 e. The van der Waals surface area contributed by atoms with Crippen LogP contribution >= 0.6 is 0 Å². The van der Waals surface area contributed by atoms with Gasteiger partial charge in [-0.25, -0.2) is 24.3 Å². The first-order chi connectivity index (χ1) is 16.7. The number of halogens is 2. The van der Waals surface area contributed by atoms with Gasteiger partial charge in [-0.1, -0.05) is 0 Å². The molecule has 3 aromatic rings. The van der Waals surface area contributed by atoms with Crippen LogP contribution in [0.1, 0.15) is 37.0 Å². The molecule has 1 unspecified atom stereocenters. The van der Waals surface area contributed by atoms with E-state index in [4.69, 9.17) is 10.5 Å². The third-order valence-corrected chi connectivity index (χ3v) is 5.83. The fourth-order valence-corrected chi connectivity index (χ4v) is 4.20. The lowest BCUT2D eigenvalue weighted by molar-refractivity contribution is 0.0834. The van der Waals surface area contributed by atoms with Crippen molar-refractivity contribution in [1.29, 1.82) is 0 Å². The Labute approximate surface area is 201 Å². The van der Waals surface area contributed by atoms with Crippen molar-refractivity contribution in [2.24, 2.45) is 0 Å². The summed E-state index contributed by atoms with van der Waals surface area (Å²) < 4.78 is 35.1. The van der Waals surface area contributed by atoms with E-state index in [2.05, 4.69) is 30.2 Å². The van der Waals surface area contributed by atoms with Crippen molar-refractivity contribution in [3.63, 3.8) is 0 Å². The van der Waals surface area contributed by atoms with Crippen LogP contribution in [-0.2, 0) is 0 Å². The Kier molecular flexibility index (Phi) is 6.88. The zero-order valence-electron chi connectivity index (χ0n) is 19.8. The summed E-state index contributed by atoms with van der Waals surface area (Å²) in [5.74, 6) is -2.60. The summed E-state index contributed by atoms with van der Waals surface area (Å²) in [6.07, 6.45) is 4.28. The molecule has 35 heavy (non-hydrogen) atoms. The zero-order valence-corrected chi connectivity index (χ0v) is 19.8. The first kappa shape index (κ1) is 24.4. The van der Waals surface area contributed by atoms with E-state index in [0.717, 1.165) is 25.6 Å². The molecule has 1 atom stereocenters. The summed E-state index contributed by atoms with van der Waals surface area (Å²) in [6, 6.07) is 4.68. The second-order valence-electron chi connectivity index (χ2n) is 8.82. The second-order valence-corrected chi connectivity index (χ2v) is 8.82. The van der Waals surface area contributed by atoms with Crippen LogP contribution in [0.15, 0.2) is 30.6 Å². The van der Waals surface area contributed by atoms with Crippen molar-refractivity contribution < 1.29 is 18.3 Å². The summed E-state index contributed by atoms with van der Waals surface area (Å²) in [7, 11) is 1.97. The molecule has 4 rings (SSSR count). The number of carbonyl (C=O) groups excluding carboxylic acids is 1. The number of piperidine rings is 1. The van der Waals surface area contributed by atoms with Gasteiger partial charge in [-0.2, -0.15) is 4.39 Å². The maximum atomic E-state index is 15.7. The molecule has 1 aliphatic heterocycles. The van der Waals surface area contributed by atoms with Gasteiger partial charge in [-0.05, 0) is 52.4 Å². The minimum Gasteiger partial charge on any atom is -0.478 e. The second kappa shape index (κ2) is 9.87. The average Bonchev–Trinajstić information content (AvgIpc) is 2.81. The number of rotatable bonds is 6. The molecule has 9 nitrogen and oxygen atoms in total. The lowest BCUT2D eigenvalue weighted by Gasteiger charge is -2.39. The summed E-state index contributed by atoms with van der Waals surface area (Å²) in [5.41, 5.74) is 4.90. The number of aromatic nitrogens is 4. The van der Waals surface area contributed by atoms with E-state index in [9.17, 15) is 9.18 Å². The fourth-order valence-electron chi connectivity index (χ4n) is 4.20. The van der Waals surface area contributed by atoms with Crippen LogP contribution in [0.4, 0.5) is 14.6 Å². The number of amides is 1. The van der Waals surface area contributed by atoms with Gasteiger partial charge in [0.2, 0.25) is 5.88 Å². The highest BCUT2D eigenvalue weighted by Crippen LogP contribution is 2.29. The van der Waals surface area contributed by atoms with E-state index < -0.39 is 29.0 Å². The van der Waals surface area contributed by atoms with Crippen LogP contribution in [0.5, 0.6) is 5.88 Å². The molecule has 4 heterocycles. The van der Waals surface area contributed by atoms with E-state index >= 15 is 4.39 Å². The third kappa shape index (κ3) is 5.35. The number of hydrogen-bond donors (Lipinski definition) is 2. The lowest BCUT2D eigenvalue weighted by atomic mass is 9.91. The summed E-state index contributed by atoms with van der Waals surface area (Å²) in [4.78, 5) is 31.4. The number of ether oxygens (including phenoxy) is 1. The number of pyridine rings is 2. The monoisotopic (exact) mass is 483 g/mol. The molecular formula is C24H27F2N7O2. The predicted octanol–water partition coefficient (Wildman–Crippen LogP) is 3.07. The van der Waals surface area contributed by atoms with E-state index in [-0.39, 0.29) is 22.6 Å². The number of anilines is 1. The van der Waals surface area contributed by atoms with Gasteiger partial charge in [0, 0.05) is 24.4 Å². The number of nitrogens with zero attached hydrogens (tertiary/aromatic N) is 5. The Hall–Kier alpha value is -3.73. The van der Waals surface area contributed by atoms with Crippen LogP contribution < -0.4 is 15.8 Å². The number of carbonyl (C=O) groups is 1. The lowest BCUT2D eigenvalue weighted by Crippen LogP contribution is -2.56. The molecule has 0 aromatic carbocycles. The molecule has 1 amide bonds. The van der Waals surface area contributed by atoms with Gasteiger partial charge >= 0.3 is 0 Å². The molecule has 3 N–H and O–H groups in total. The molecule has 1 aliphatic rings. The topological polar surface area (TPSA) is 119 Å². The Morgan fingerprint density at radius 3 is 2.69 bits per heavy atom. The smallest absolute Gasteiger partial charge is 0.256 e. The molecule has 1 saturated heterocycles. The molecule has 184 valence electrons. The highest BCUT2D eigenvalue weighted by Gasteiger charge is 2.33. The minimum atomic E-state index is -1.06. The van der Waals surface area contributed by atoms with Crippen molar-refractivity contribution in [2.45, 2.75) is 32.2 Å². The van der Waals surface area contributed by atoms with Crippen molar-refractivity contribution in [2.75, 3.05) is 32.5 Å². The third-order valence-electron chi connectivity index (χ3n) is 5.83. The molecule has 3 aromatic heterocycles. The van der Waals surface area contributed by atoms with E-state index in [1.165, 1.54) is 12.3 Å². The van der Waals surface area contributed by atoms with Crippen molar-refractivity contribution >= 4 is 11.7 Å². The number of nitrogens with two attached hydrogens (primary N) is 1. The van der Waals surface area contributed by atoms with Crippen molar-refractivity contribution in [3.05, 3.63) is 47.9 Å². The maximum absolute atomic E-state index is 15.7. The minimum absolute atomic E-state index is 0.187. The van der Waals surface area contributed by atoms with Gasteiger partial charge in [0.1, 0.15) is 11.4 Å². The van der Waals surface area contributed by atoms with Crippen LogP contribution in [0.2, 0.25) is 0 Å². The number of hydrogen-bond acceptors (Lipinski definition) is 8. The van der Waals surface area contributed by atoms with Crippen LogP contribution in [0.25, 0.3) is 22.6 Å². The number of likely N-dealkylation sites (tertiary alicyclic amines) is 1. The fraction of sp³-hybridized carbons (Fsp3) is 0.375. The molecule has 0 spiro atoms. The van der Waals surface area contributed by atoms with E-state index in [1.54, 1.807) is 12.1 Å². The largest absolute Gasteiger partial charge is 0.478 e. The normalized spacial score (nSPS) is 18.3. The Bertz CT molecular complexity index is 1240. The number of nitrogen functional groups attached to an aromatic ring is 1. The summed E-state index contributed by atoms with van der Waals surface area (Å²) >= 11 is 0. The molecule has 0 radical (unpaired) electrons. The Morgan fingerprint density at radius 1 is 1.23 bits per heavy atom. The molecule has 0 aliphatic carbocycles. The standard InChI is InChI=1S/C24H27F2N7O2/c1-4-35-18-7-6-14(11-28-18)16-10-15(23(34)32-24(2)8-5-9-33(3)13-24)19(25)20(30-16)17-12-29-22(27)21(26)31-17/h6-7,10-12H,4-5,8-9,13H2,1-3H3,(H2,27,29)(H,32,34). The number of likely N-dealkylation sites (N-methyl/N-ethyl adjacent to an activating group) is 1. The van der Waals surface area contributed by atoms with Crippen LogP contribution in [0, 0.1) is 11.8 Å². The van der Waals surface area contributed by atoms with Crippen molar-refractivity contribution in [3.8, 4) is 28.5 Å². The van der Waals surface area contributed by atoms with Crippen molar-refractivity contribution in [1.82, 2.24) is 30.2 Å². The molecule has 1 fully saturated rings. The quantitative estimate of drug-likeness (QED) is 0.549. The average molecular weight is 484 g/mol. The SMILES string of the molecule is CCOc1ccc(-c2cc(C(=O)NC3(C)CCCN(C)C3)c(F)c(-c3cnc(N)c(F)n3)n2)cn1. The van der Waals surface area contributed by atoms with Gasteiger partial charge in [0.15, 0.2) is 11.6 Å². The molecular weight excluding hydrogens is 456 g/mol. The van der Waals surface area contributed by atoms with Crippen LogP contribution in [-0.4, -0.2) is 63.0 Å². The highest BCUT2D eigenvalue weighted by atomic mass is 19.1. The van der Waals surface area contributed by atoms with Gasteiger partial charge < -0.3 is 20.7 Å². The summed E-state index contributed by atoms with van der Waals surface area (Å²) in [6.45, 7) is 5.77. The molecule has 0 bridgehead atoms. The van der Waals surface area contributed by atoms with Gasteiger partial charge in [-0.3, -0.25) is 4.79 Å². The first-order valence-electron chi connectivity index (χ1n) is 11.3. The summed E-state index contributed by atoms with van der Waals surface area (Å²) in [5, 5.41) is 2.97. The predicted molar refractivity (Wildman–Crippen MR) is 127 cm³/mol. The molecule has 11 heteroatoms. The van der Waals surface area contributed by atoms with E-state index in [1.807, 2.05) is 20.9 Å². The first-order valence-corrected chi connectivity index (χ1v) is 11.3. The highest BCUT2D eigenvalue weighted by molar-refractivity contribution is 5.97. The van der Waals surface area contributed by atoms with Gasteiger partial charge in [-0.15, -0.1) is 0 Å². The van der Waals surface area contributed by atoms with Gasteiger partial charge in [0.05, 0.1) is 29.6 Å². The van der Waals surface area contributed by atoms with Gasteiger partial charge in [0.25, 0.3) is 11.9 Å². The van der Waals surface area contributed by atoms with Crippen LogP contribution in [0.3, 0.4) is 0 Å². The Balaban J connectivity index is 1.79.